The molecule has 6 heteroatoms. The van der Waals surface area contributed by atoms with Crippen LogP contribution in [0.25, 0.3) is 5.69 Å². The molecule has 0 saturated carbocycles. The van der Waals surface area contributed by atoms with Crippen molar-refractivity contribution in [3.8, 4) is 5.69 Å². The standard InChI is InChI=1S/C12H13FN4O/c1-7(14)9-6-8(13)2-3-11(9)17-5-4-10(16-17)12(15)18/h2-7H,14H2,1H3,(H2,15,18)/t7-/m0/s1. The number of carbonyl (C=O) groups is 1. The van der Waals surface area contributed by atoms with E-state index in [4.69, 9.17) is 11.5 Å². The summed E-state index contributed by atoms with van der Waals surface area (Å²) in [6, 6.07) is 5.37. The van der Waals surface area contributed by atoms with Gasteiger partial charge in [-0.15, -0.1) is 0 Å². The number of nitrogens with zero attached hydrogens (tertiary/aromatic N) is 2. The lowest BCUT2D eigenvalue weighted by molar-refractivity contribution is 0.0995. The quantitative estimate of drug-likeness (QED) is 0.853. The van der Waals surface area contributed by atoms with Crippen molar-refractivity contribution < 1.29 is 9.18 Å². The van der Waals surface area contributed by atoms with Gasteiger partial charge in [0.2, 0.25) is 0 Å². The summed E-state index contributed by atoms with van der Waals surface area (Å²) >= 11 is 0. The Morgan fingerprint density at radius 2 is 2.17 bits per heavy atom. The van der Waals surface area contributed by atoms with Crippen LogP contribution >= 0.6 is 0 Å². The minimum atomic E-state index is -0.613. The summed E-state index contributed by atoms with van der Waals surface area (Å²) < 4.78 is 14.7. The van der Waals surface area contributed by atoms with Crippen LogP contribution < -0.4 is 11.5 Å². The highest BCUT2D eigenvalue weighted by atomic mass is 19.1. The Morgan fingerprint density at radius 1 is 1.44 bits per heavy atom. The molecule has 0 saturated heterocycles. The second kappa shape index (κ2) is 4.58. The van der Waals surface area contributed by atoms with Gasteiger partial charge in [-0.05, 0) is 36.8 Å². The highest BCUT2D eigenvalue weighted by molar-refractivity contribution is 5.90. The van der Waals surface area contributed by atoms with E-state index in [-0.39, 0.29) is 17.6 Å². The van der Waals surface area contributed by atoms with E-state index in [0.29, 0.717) is 11.3 Å². The fourth-order valence-corrected chi connectivity index (χ4v) is 1.69. The van der Waals surface area contributed by atoms with Gasteiger partial charge in [-0.3, -0.25) is 4.79 Å². The Kier molecular flexibility index (Phi) is 3.12. The zero-order chi connectivity index (χ0) is 13.3. The molecule has 18 heavy (non-hydrogen) atoms. The Balaban J connectivity index is 2.52. The second-order valence-corrected chi connectivity index (χ2v) is 4.00. The van der Waals surface area contributed by atoms with E-state index in [9.17, 15) is 9.18 Å². The third-order valence-electron chi connectivity index (χ3n) is 2.57. The molecular weight excluding hydrogens is 235 g/mol. The van der Waals surface area contributed by atoms with Crippen LogP contribution in [0.4, 0.5) is 4.39 Å². The van der Waals surface area contributed by atoms with Gasteiger partial charge in [-0.1, -0.05) is 0 Å². The molecule has 0 aliphatic carbocycles. The van der Waals surface area contributed by atoms with Gasteiger partial charge >= 0.3 is 0 Å². The third kappa shape index (κ3) is 2.23. The average Bonchev–Trinajstić information content (AvgIpc) is 2.78. The number of halogens is 1. The van der Waals surface area contributed by atoms with Crippen molar-refractivity contribution >= 4 is 5.91 Å². The van der Waals surface area contributed by atoms with Gasteiger partial charge in [-0.25, -0.2) is 9.07 Å². The Morgan fingerprint density at radius 3 is 2.72 bits per heavy atom. The molecule has 0 aliphatic heterocycles. The molecule has 0 aliphatic rings. The Hall–Kier alpha value is -2.21. The average molecular weight is 248 g/mol. The molecule has 0 fully saturated rings. The fourth-order valence-electron chi connectivity index (χ4n) is 1.69. The zero-order valence-corrected chi connectivity index (χ0v) is 9.80. The maximum Gasteiger partial charge on any atom is 0.269 e. The molecule has 0 unspecified atom stereocenters. The second-order valence-electron chi connectivity index (χ2n) is 4.00. The summed E-state index contributed by atoms with van der Waals surface area (Å²) in [4.78, 5) is 11.0. The lowest BCUT2D eigenvalue weighted by Crippen LogP contribution is -2.14. The summed E-state index contributed by atoms with van der Waals surface area (Å²) in [7, 11) is 0. The Bertz CT molecular complexity index is 592. The van der Waals surface area contributed by atoms with E-state index in [2.05, 4.69) is 5.10 Å². The number of benzene rings is 1. The fraction of sp³-hybridized carbons (Fsp3) is 0.167. The Labute approximate surface area is 103 Å². The minimum Gasteiger partial charge on any atom is -0.364 e. The predicted octanol–water partition coefficient (Wildman–Crippen LogP) is 1.13. The van der Waals surface area contributed by atoms with Crippen LogP contribution in [0.5, 0.6) is 0 Å². The summed E-state index contributed by atoms with van der Waals surface area (Å²) in [5, 5.41) is 4.02. The van der Waals surface area contributed by atoms with Gasteiger partial charge in [0.15, 0.2) is 0 Å². The molecule has 4 N–H and O–H groups in total. The maximum absolute atomic E-state index is 13.2. The smallest absolute Gasteiger partial charge is 0.269 e. The van der Waals surface area contributed by atoms with E-state index in [1.807, 2.05) is 0 Å². The van der Waals surface area contributed by atoms with E-state index < -0.39 is 5.91 Å². The first-order valence-corrected chi connectivity index (χ1v) is 5.40. The van der Waals surface area contributed by atoms with Crippen molar-refractivity contribution in [3.05, 3.63) is 47.5 Å². The van der Waals surface area contributed by atoms with Gasteiger partial charge in [0.05, 0.1) is 5.69 Å². The van der Waals surface area contributed by atoms with E-state index in [0.717, 1.165) is 0 Å². The molecule has 1 aromatic heterocycles. The highest BCUT2D eigenvalue weighted by Gasteiger charge is 2.12. The summed E-state index contributed by atoms with van der Waals surface area (Å²) in [6.07, 6.45) is 1.58. The minimum absolute atomic E-state index is 0.148. The summed E-state index contributed by atoms with van der Waals surface area (Å²) in [5.74, 6) is -0.980. The van der Waals surface area contributed by atoms with Crippen LogP contribution in [0.2, 0.25) is 0 Å². The van der Waals surface area contributed by atoms with Crippen LogP contribution in [0.3, 0.4) is 0 Å². The lowest BCUT2D eigenvalue weighted by atomic mass is 10.1. The number of hydrogen-bond donors (Lipinski definition) is 2. The van der Waals surface area contributed by atoms with Crippen LogP contribution in [0.15, 0.2) is 30.5 Å². The monoisotopic (exact) mass is 248 g/mol. The van der Waals surface area contributed by atoms with Crippen molar-refractivity contribution in [1.29, 1.82) is 0 Å². The van der Waals surface area contributed by atoms with E-state index in [1.54, 1.807) is 19.2 Å². The molecule has 5 nitrogen and oxygen atoms in total. The number of aromatic nitrogens is 2. The van der Waals surface area contributed by atoms with E-state index in [1.165, 1.54) is 22.9 Å². The van der Waals surface area contributed by atoms with Crippen LogP contribution in [-0.4, -0.2) is 15.7 Å². The molecule has 2 aromatic rings. The third-order valence-corrected chi connectivity index (χ3v) is 2.57. The van der Waals surface area contributed by atoms with Crippen molar-refractivity contribution in [2.24, 2.45) is 11.5 Å². The zero-order valence-electron chi connectivity index (χ0n) is 9.80. The van der Waals surface area contributed by atoms with Crippen LogP contribution in [0.1, 0.15) is 29.0 Å². The van der Waals surface area contributed by atoms with Gasteiger partial charge in [-0.2, -0.15) is 5.10 Å². The molecule has 0 radical (unpaired) electrons. The molecule has 1 heterocycles. The number of hydrogen-bond acceptors (Lipinski definition) is 3. The van der Waals surface area contributed by atoms with Crippen molar-refractivity contribution in [2.45, 2.75) is 13.0 Å². The van der Waals surface area contributed by atoms with Gasteiger partial charge < -0.3 is 11.5 Å². The van der Waals surface area contributed by atoms with Crippen LogP contribution in [0, 0.1) is 5.82 Å². The van der Waals surface area contributed by atoms with E-state index >= 15 is 0 Å². The first-order chi connectivity index (χ1) is 8.49. The molecule has 1 atom stereocenters. The van der Waals surface area contributed by atoms with Crippen molar-refractivity contribution in [2.75, 3.05) is 0 Å². The number of carbonyl (C=O) groups excluding carboxylic acids is 1. The maximum atomic E-state index is 13.2. The summed E-state index contributed by atoms with van der Waals surface area (Å²) in [5.41, 5.74) is 12.3. The molecule has 2 rings (SSSR count). The molecule has 0 bridgehead atoms. The van der Waals surface area contributed by atoms with Gasteiger partial charge in [0, 0.05) is 12.2 Å². The first kappa shape index (κ1) is 12.3. The lowest BCUT2D eigenvalue weighted by Gasteiger charge is -2.12. The first-order valence-electron chi connectivity index (χ1n) is 5.40. The molecule has 0 spiro atoms. The topological polar surface area (TPSA) is 86.9 Å². The summed E-state index contributed by atoms with van der Waals surface area (Å²) in [6.45, 7) is 1.75. The number of amides is 1. The molecule has 94 valence electrons. The van der Waals surface area contributed by atoms with Gasteiger partial charge in [0.25, 0.3) is 5.91 Å². The molecule has 1 amide bonds. The van der Waals surface area contributed by atoms with Crippen molar-refractivity contribution in [3.63, 3.8) is 0 Å². The highest BCUT2D eigenvalue weighted by Crippen LogP contribution is 2.21. The SMILES string of the molecule is C[C@H](N)c1cc(F)ccc1-n1ccc(C(N)=O)n1. The van der Waals surface area contributed by atoms with Crippen molar-refractivity contribution in [1.82, 2.24) is 9.78 Å². The van der Waals surface area contributed by atoms with Gasteiger partial charge in [0.1, 0.15) is 11.5 Å². The number of rotatable bonds is 3. The largest absolute Gasteiger partial charge is 0.364 e. The molecular formula is C12H13FN4O. The predicted molar refractivity (Wildman–Crippen MR) is 64.6 cm³/mol. The number of primary amides is 1. The number of nitrogens with two attached hydrogens (primary N) is 2. The normalized spacial score (nSPS) is 12.4. The van der Waals surface area contributed by atoms with Crippen LogP contribution in [-0.2, 0) is 0 Å². The molecule has 1 aromatic carbocycles.